The number of rotatable bonds is 5. The van der Waals surface area contributed by atoms with E-state index < -0.39 is 0 Å². The van der Waals surface area contributed by atoms with Gasteiger partial charge in [0.25, 0.3) is 0 Å². The zero-order valence-corrected chi connectivity index (χ0v) is 15.0. The number of nitrogens with zero attached hydrogens (tertiary/aromatic N) is 3. The molecule has 0 radical (unpaired) electrons. The van der Waals surface area contributed by atoms with Crippen molar-refractivity contribution in [1.29, 1.82) is 0 Å². The number of benzene rings is 2. The van der Waals surface area contributed by atoms with Crippen LogP contribution in [0.5, 0.6) is 11.5 Å². The van der Waals surface area contributed by atoms with Crippen LogP contribution in [0.25, 0.3) is 11.3 Å². The Hall–Kier alpha value is -3.28. The van der Waals surface area contributed by atoms with Crippen LogP contribution in [0.3, 0.4) is 0 Å². The van der Waals surface area contributed by atoms with Gasteiger partial charge in [0.05, 0.1) is 31.2 Å². The highest BCUT2D eigenvalue weighted by Gasteiger charge is 2.15. The number of hydrogen-bond donors (Lipinski definition) is 2. The largest absolute Gasteiger partial charge is 0.504 e. The lowest BCUT2D eigenvalue weighted by molar-refractivity contribution is 0.373. The number of aromatic hydroxyl groups is 1. The summed E-state index contributed by atoms with van der Waals surface area (Å²) in [6.07, 6.45) is 3.42. The van der Waals surface area contributed by atoms with Gasteiger partial charge in [0.2, 0.25) is 0 Å². The number of phenolic OH excluding ortho intramolecular Hbond substituents is 1. The average molecular weight is 350 g/mol. The molecule has 3 rings (SSSR count). The van der Waals surface area contributed by atoms with Crippen molar-refractivity contribution < 1.29 is 9.84 Å². The number of nitrogens with two attached hydrogens (primary N) is 1. The SMILES string of the molecule is COc1cc(-c2cncc(N(C)[C@H](C)c3ccc(N)cc3)n2)ccc1O. The minimum Gasteiger partial charge on any atom is -0.504 e. The lowest BCUT2D eigenvalue weighted by Gasteiger charge is -2.26. The molecule has 3 N–H and O–H groups in total. The first kappa shape index (κ1) is 17.5. The lowest BCUT2D eigenvalue weighted by atomic mass is 10.1. The van der Waals surface area contributed by atoms with E-state index >= 15 is 0 Å². The highest BCUT2D eigenvalue weighted by molar-refractivity contribution is 5.64. The van der Waals surface area contributed by atoms with E-state index in [9.17, 15) is 5.11 Å². The van der Waals surface area contributed by atoms with Gasteiger partial charge in [-0.1, -0.05) is 12.1 Å². The summed E-state index contributed by atoms with van der Waals surface area (Å²) in [6, 6.07) is 13.0. The molecule has 0 saturated heterocycles. The van der Waals surface area contributed by atoms with Crippen molar-refractivity contribution in [3.05, 3.63) is 60.4 Å². The number of nitrogen functional groups attached to an aromatic ring is 1. The lowest BCUT2D eigenvalue weighted by Crippen LogP contribution is -2.23. The Morgan fingerprint density at radius 2 is 1.85 bits per heavy atom. The van der Waals surface area contributed by atoms with Crippen molar-refractivity contribution >= 4 is 11.5 Å². The first-order valence-corrected chi connectivity index (χ1v) is 8.27. The fourth-order valence-corrected chi connectivity index (χ4v) is 2.70. The summed E-state index contributed by atoms with van der Waals surface area (Å²) in [7, 11) is 3.50. The van der Waals surface area contributed by atoms with Gasteiger partial charge >= 0.3 is 0 Å². The van der Waals surface area contributed by atoms with Gasteiger partial charge < -0.3 is 20.5 Å². The molecule has 0 spiro atoms. The Morgan fingerprint density at radius 1 is 1.12 bits per heavy atom. The van der Waals surface area contributed by atoms with Crippen LogP contribution in [0.1, 0.15) is 18.5 Å². The van der Waals surface area contributed by atoms with Gasteiger partial charge in [0.15, 0.2) is 11.5 Å². The van der Waals surface area contributed by atoms with E-state index in [1.807, 2.05) is 31.3 Å². The van der Waals surface area contributed by atoms with E-state index in [4.69, 9.17) is 15.5 Å². The Labute approximate surface area is 152 Å². The van der Waals surface area contributed by atoms with E-state index in [1.165, 1.54) is 7.11 Å². The fourth-order valence-electron chi connectivity index (χ4n) is 2.70. The number of methoxy groups -OCH3 is 1. The molecule has 3 aromatic rings. The standard InChI is InChI=1S/C20H22N4O2/c1-13(14-4-7-16(21)8-5-14)24(2)20-12-22-11-17(23-20)15-6-9-18(25)19(10-15)26-3/h4-13,25H,21H2,1-3H3/t13-/m1/s1. The van der Waals surface area contributed by atoms with Crippen LogP contribution in [0.4, 0.5) is 11.5 Å². The molecule has 1 atom stereocenters. The molecule has 134 valence electrons. The van der Waals surface area contributed by atoms with Crippen molar-refractivity contribution in [1.82, 2.24) is 9.97 Å². The molecule has 1 aromatic heterocycles. The molecule has 6 heteroatoms. The molecule has 0 aliphatic rings. The second-order valence-corrected chi connectivity index (χ2v) is 6.10. The van der Waals surface area contributed by atoms with Crippen LogP contribution >= 0.6 is 0 Å². The zero-order valence-electron chi connectivity index (χ0n) is 15.0. The normalized spacial score (nSPS) is 11.8. The van der Waals surface area contributed by atoms with E-state index in [-0.39, 0.29) is 11.8 Å². The number of ether oxygens (including phenoxy) is 1. The Morgan fingerprint density at radius 3 is 2.54 bits per heavy atom. The van der Waals surface area contributed by atoms with E-state index in [2.05, 4.69) is 16.8 Å². The smallest absolute Gasteiger partial charge is 0.161 e. The zero-order chi connectivity index (χ0) is 18.7. The summed E-state index contributed by atoms with van der Waals surface area (Å²) in [5, 5.41) is 9.76. The third-order valence-corrected chi connectivity index (χ3v) is 4.46. The molecule has 0 aliphatic heterocycles. The molecule has 1 heterocycles. The first-order chi connectivity index (χ1) is 12.5. The molecular formula is C20H22N4O2. The maximum absolute atomic E-state index is 9.76. The van der Waals surface area contributed by atoms with Crippen molar-refractivity contribution in [3.8, 4) is 22.8 Å². The van der Waals surface area contributed by atoms with E-state index in [0.717, 1.165) is 22.6 Å². The van der Waals surface area contributed by atoms with Crippen molar-refractivity contribution in [2.75, 3.05) is 24.8 Å². The molecule has 0 bridgehead atoms. The predicted molar refractivity (Wildman–Crippen MR) is 103 cm³/mol. The maximum Gasteiger partial charge on any atom is 0.161 e. The van der Waals surface area contributed by atoms with Crippen LogP contribution < -0.4 is 15.4 Å². The highest BCUT2D eigenvalue weighted by Crippen LogP contribution is 2.31. The molecular weight excluding hydrogens is 328 g/mol. The van der Waals surface area contributed by atoms with Crippen LogP contribution in [0.2, 0.25) is 0 Å². The van der Waals surface area contributed by atoms with Crippen molar-refractivity contribution in [2.24, 2.45) is 0 Å². The van der Waals surface area contributed by atoms with E-state index in [0.29, 0.717) is 11.4 Å². The quantitative estimate of drug-likeness (QED) is 0.684. The van der Waals surface area contributed by atoms with Gasteiger partial charge in [-0.2, -0.15) is 0 Å². The number of hydrogen-bond acceptors (Lipinski definition) is 6. The number of anilines is 2. The average Bonchev–Trinajstić information content (AvgIpc) is 2.68. The third-order valence-electron chi connectivity index (χ3n) is 4.46. The molecule has 26 heavy (non-hydrogen) atoms. The number of aromatic nitrogens is 2. The van der Waals surface area contributed by atoms with Crippen LogP contribution in [-0.2, 0) is 0 Å². The molecule has 0 fully saturated rings. The van der Waals surface area contributed by atoms with Crippen molar-refractivity contribution in [2.45, 2.75) is 13.0 Å². The van der Waals surface area contributed by atoms with Crippen LogP contribution in [-0.4, -0.2) is 29.2 Å². The monoisotopic (exact) mass is 350 g/mol. The second kappa shape index (κ2) is 7.31. The molecule has 0 saturated carbocycles. The predicted octanol–water partition coefficient (Wildman–Crippen LogP) is 3.64. The third kappa shape index (κ3) is 3.54. The second-order valence-electron chi connectivity index (χ2n) is 6.10. The minimum absolute atomic E-state index is 0.0921. The van der Waals surface area contributed by atoms with Gasteiger partial charge in [-0.15, -0.1) is 0 Å². The molecule has 0 unspecified atom stereocenters. The Balaban J connectivity index is 1.90. The molecule has 0 aliphatic carbocycles. The summed E-state index contributed by atoms with van der Waals surface area (Å²) in [4.78, 5) is 11.1. The molecule has 6 nitrogen and oxygen atoms in total. The summed E-state index contributed by atoms with van der Waals surface area (Å²) in [5.41, 5.74) is 9.18. The van der Waals surface area contributed by atoms with Gasteiger partial charge in [0, 0.05) is 18.3 Å². The Kier molecular flexibility index (Phi) is 4.93. The number of phenols is 1. The summed E-state index contributed by atoms with van der Waals surface area (Å²) < 4.78 is 5.17. The van der Waals surface area contributed by atoms with Gasteiger partial charge in [-0.25, -0.2) is 4.98 Å². The summed E-state index contributed by atoms with van der Waals surface area (Å²) in [5.74, 6) is 1.24. The summed E-state index contributed by atoms with van der Waals surface area (Å²) >= 11 is 0. The van der Waals surface area contributed by atoms with Crippen LogP contribution in [0, 0.1) is 0 Å². The van der Waals surface area contributed by atoms with Crippen molar-refractivity contribution in [3.63, 3.8) is 0 Å². The van der Waals surface area contributed by atoms with Crippen LogP contribution in [0.15, 0.2) is 54.9 Å². The highest BCUT2D eigenvalue weighted by atomic mass is 16.5. The van der Waals surface area contributed by atoms with Gasteiger partial charge in [0.1, 0.15) is 5.82 Å². The molecule has 2 aromatic carbocycles. The first-order valence-electron chi connectivity index (χ1n) is 8.27. The maximum atomic E-state index is 9.76. The van der Waals surface area contributed by atoms with E-state index in [1.54, 1.807) is 30.6 Å². The fraction of sp³-hybridized carbons (Fsp3) is 0.200. The van der Waals surface area contributed by atoms with Gasteiger partial charge in [-0.05, 0) is 42.8 Å². The minimum atomic E-state index is 0.0921. The topological polar surface area (TPSA) is 84.5 Å². The molecule has 0 amide bonds. The van der Waals surface area contributed by atoms with Gasteiger partial charge in [-0.3, -0.25) is 4.98 Å². The Bertz CT molecular complexity index is 897. The summed E-state index contributed by atoms with van der Waals surface area (Å²) in [6.45, 7) is 2.10.